The second-order valence-electron chi connectivity index (χ2n) is 6.49. The summed E-state index contributed by atoms with van der Waals surface area (Å²) in [6.07, 6.45) is 5.00. The molecular formula is C19H25N3O3. The molecule has 0 bridgehead atoms. The van der Waals surface area contributed by atoms with Crippen LogP contribution in [0.3, 0.4) is 0 Å². The molecule has 2 heterocycles. The molecule has 1 aliphatic heterocycles. The summed E-state index contributed by atoms with van der Waals surface area (Å²) in [6.45, 7) is 5.99. The summed E-state index contributed by atoms with van der Waals surface area (Å²) < 4.78 is 7.24. The van der Waals surface area contributed by atoms with Crippen LogP contribution in [0.5, 0.6) is 5.75 Å². The first-order valence-corrected chi connectivity index (χ1v) is 8.89. The van der Waals surface area contributed by atoms with Crippen molar-refractivity contribution in [3.63, 3.8) is 0 Å². The number of hydrogen-bond acceptors (Lipinski definition) is 4. The number of carboxylic acids is 1. The first-order valence-electron chi connectivity index (χ1n) is 8.89. The van der Waals surface area contributed by atoms with Gasteiger partial charge in [0.2, 0.25) is 0 Å². The lowest BCUT2D eigenvalue weighted by Gasteiger charge is -2.26. The van der Waals surface area contributed by atoms with Crippen molar-refractivity contribution in [2.45, 2.75) is 32.6 Å². The van der Waals surface area contributed by atoms with Gasteiger partial charge in [-0.2, -0.15) is 5.10 Å². The van der Waals surface area contributed by atoms with Gasteiger partial charge < -0.3 is 14.7 Å². The van der Waals surface area contributed by atoms with Crippen molar-refractivity contribution in [1.29, 1.82) is 0 Å². The molecule has 0 saturated carbocycles. The molecule has 1 aliphatic rings. The predicted octanol–water partition coefficient (Wildman–Crippen LogP) is 3.13. The minimum Gasteiger partial charge on any atom is -0.494 e. The SMILES string of the molecule is Cc1cc(C(=O)O)n(-c2ccc(OCCCN3CCCCC3)cc2)n1. The molecule has 0 spiro atoms. The standard InChI is InChI=1S/C19H25N3O3/c1-15-14-18(19(23)24)22(20-15)16-6-8-17(9-7-16)25-13-5-12-21-10-3-2-4-11-21/h6-9,14H,2-5,10-13H2,1H3,(H,23,24). The Morgan fingerprint density at radius 3 is 2.60 bits per heavy atom. The Bertz CT molecular complexity index is 703. The minimum absolute atomic E-state index is 0.160. The Labute approximate surface area is 148 Å². The Hall–Kier alpha value is -2.34. The highest BCUT2D eigenvalue weighted by Crippen LogP contribution is 2.18. The summed E-state index contributed by atoms with van der Waals surface area (Å²) in [5, 5.41) is 13.5. The third-order valence-corrected chi connectivity index (χ3v) is 4.47. The first kappa shape index (κ1) is 17.5. The number of carbonyl (C=O) groups is 1. The number of piperidine rings is 1. The van der Waals surface area contributed by atoms with Crippen LogP contribution in [-0.2, 0) is 0 Å². The van der Waals surface area contributed by atoms with Crippen molar-refractivity contribution in [3.05, 3.63) is 41.7 Å². The Kier molecular flexibility index (Phi) is 5.71. The fraction of sp³-hybridized carbons (Fsp3) is 0.474. The number of likely N-dealkylation sites (tertiary alicyclic amines) is 1. The maximum absolute atomic E-state index is 11.3. The lowest BCUT2D eigenvalue weighted by atomic mass is 10.1. The van der Waals surface area contributed by atoms with Gasteiger partial charge in [0.05, 0.1) is 18.0 Å². The molecule has 2 aromatic rings. The molecule has 134 valence electrons. The fourth-order valence-corrected chi connectivity index (χ4v) is 3.19. The van der Waals surface area contributed by atoms with Crippen molar-refractivity contribution in [2.24, 2.45) is 0 Å². The highest BCUT2D eigenvalue weighted by Gasteiger charge is 2.14. The number of carboxylic acid groups (broad SMARTS) is 1. The van der Waals surface area contributed by atoms with E-state index >= 15 is 0 Å². The molecular weight excluding hydrogens is 318 g/mol. The lowest BCUT2D eigenvalue weighted by Crippen LogP contribution is -2.31. The number of aryl methyl sites for hydroxylation is 1. The molecule has 1 aromatic carbocycles. The molecule has 25 heavy (non-hydrogen) atoms. The van der Waals surface area contributed by atoms with Crippen LogP contribution in [0.1, 0.15) is 41.9 Å². The van der Waals surface area contributed by atoms with E-state index in [2.05, 4.69) is 10.00 Å². The average Bonchev–Trinajstić information content (AvgIpc) is 3.02. The Morgan fingerprint density at radius 1 is 1.20 bits per heavy atom. The smallest absolute Gasteiger partial charge is 0.354 e. The average molecular weight is 343 g/mol. The van der Waals surface area contributed by atoms with E-state index in [-0.39, 0.29) is 5.69 Å². The van der Waals surface area contributed by atoms with Crippen LogP contribution in [-0.4, -0.2) is 52.0 Å². The van der Waals surface area contributed by atoms with E-state index < -0.39 is 5.97 Å². The maximum atomic E-state index is 11.3. The first-order chi connectivity index (χ1) is 12.1. The van der Waals surface area contributed by atoms with Crippen LogP contribution in [0.15, 0.2) is 30.3 Å². The van der Waals surface area contributed by atoms with Gasteiger partial charge in [-0.3, -0.25) is 0 Å². The van der Waals surface area contributed by atoms with Gasteiger partial charge >= 0.3 is 5.97 Å². The third-order valence-electron chi connectivity index (χ3n) is 4.47. The molecule has 1 aromatic heterocycles. The molecule has 0 unspecified atom stereocenters. The molecule has 0 amide bonds. The zero-order chi connectivity index (χ0) is 17.6. The summed E-state index contributed by atoms with van der Waals surface area (Å²) in [4.78, 5) is 13.8. The molecule has 1 saturated heterocycles. The Balaban J connectivity index is 1.53. The molecule has 1 fully saturated rings. The molecule has 6 heteroatoms. The van der Waals surface area contributed by atoms with Crippen molar-refractivity contribution in [1.82, 2.24) is 14.7 Å². The van der Waals surface area contributed by atoms with Gasteiger partial charge in [0.15, 0.2) is 5.69 Å². The second-order valence-corrected chi connectivity index (χ2v) is 6.49. The summed E-state index contributed by atoms with van der Waals surface area (Å²) in [7, 11) is 0. The van der Waals surface area contributed by atoms with Crippen molar-refractivity contribution in [2.75, 3.05) is 26.2 Å². The molecule has 0 atom stereocenters. The van der Waals surface area contributed by atoms with Gasteiger partial charge in [0, 0.05) is 6.54 Å². The van der Waals surface area contributed by atoms with Crippen LogP contribution in [0.2, 0.25) is 0 Å². The van der Waals surface area contributed by atoms with Crippen LogP contribution in [0, 0.1) is 6.92 Å². The molecule has 0 radical (unpaired) electrons. The van der Waals surface area contributed by atoms with E-state index in [9.17, 15) is 9.90 Å². The van der Waals surface area contributed by atoms with E-state index in [0.29, 0.717) is 18.0 Å². The van der Waals surface area contributed by atoms with E-state index in [0.717, 1.165) is 18.7 Å². The van der Waals surface area contributed by atoms with Gasteiger partial charge in [-0.05, 0) is 69.6 Å². The van der Waals surface area contributed by atoms with Crippen molar-refractivity contribution in [3.8, 4) is 11.4 Å². The van der Waals surface area contributed by atoms with Crippen LogP contribution < -0.4 is 4.74 Å². The monoisotopic (exact) mass is 343 g/mol. The third kappa shape index (κ3) is 4.60. The summed E-state index contributed by atoms with van der Waals surface area (Å²) in [5.74, 6) is -0.193. The van der Waals surface area contributed by atoms with Gasteiger partial charge in [-0.1, -0.05) is 6.42 Å². The quantitative estimate of drug-likeness (QED) is 0.782. The predicted molar refractivity (Wildman–Crippen MR) is 95.7 cm³/mol. The summed E-state index contributed by atoms with van der Waals surface area (Å²) in [6, 6.07) is 8.95. The van der Waals surface area contributed by atoms with Crippen LogP contribution in [0.25, 0.3) is 5.69 Å². The van der Waals surface area contributed by atoms with Gasteiger partial charge in [0.1, 0.15) is 5.75 Å². The van der Waals surface area contributed by atoms with Crippen molar-refractivity contribution < 1.29 is 14.6 Å². The number of hydrogen-bond donors (Lipinski definition) is 1. The highest BCUT2D eigenvalue weighted by atomic mass is 16.5. The number of aromatic nitrogens is 2. The number of ether oxygens (including phenoxy) is 1. The van der Waals surface area contributed by atoms with E-state index in [4.69, 9.17) is 4.74 Å². The minimum atomic E-state index is -0.987. The van der Waals surface area contributed by atoms with E-state index in [1.165, 1.54) is 37.0 Å². The number of nitrogens with zero attached hydrogens (tertiary/aromatic N) is 3. The zero-order valence-electron chi connectivity index (χ0n) is 14.6. The van der Waals surface area contributed by atoms with Crippen LogP contribution in [0.4, 0.5) is 0 Å². The van der Waals surface area contributed by atoms with E-state index in [1.807, 2.05) is 24.3 Å². The summed E-state index contributed by atoms with van der Waals surface area (Å²) in [5.41, 5.74) is 1.55. The molecule has 6 nitrogen and oxygen atoms in total. The fourth-order valence-electron chi connectivity index (χ4n) is 3.19. The second kappa shape index (κ2) is 8.16. The topological polar surface area (TPSA) is 67.6 Å². The molecule has 0 aliphatic carbocycles. The Morgan fingerprint density at radius 2 is 1.92 bits per heavy atom. The normalized spacial score (nSPS) is 15.2. The van der Waals surface area contributed by atoms with Crippen molar-refractivity contribution >= 4 is 5.97 Å². The largest absolute Gasteiger partial charge is 0.494 e. The zero-order valence-corrected chi connectivity index (χ0v) is 14.6. The van der Waals surface area contributed by atoms with Gasteiger partial charge in [-0.15, -0.1) is 0 Å². The number of rotatable bonds is 7. The highest BCUT2D eigenvalue weighted by molar-refractivity contribution is 5.86. The van der Waals surface area contributed by atoms with Crippen LogP contribution >= 0.6 is 0 Å². The van der Waals surface area contributed by atoms with Gasteiger partial charge in [0.25, 0.3) is 0 Å². The maximum Gasteiger partial charge on any atom is 0.354 e. The summed E-state index contributed by atoms with van der Waals surface area (Å²) >= 11 is 0. The molecule has 3 rings (SSSR count). The number of aromatic carboxylic acids is 1. The van der Waals surface area contributed by atoms with E-state index in [1.54, 1.807) is 13.0 Å². The molecule has 1 N–H and O–H groups in total. The lowest BCUT2D eigenvalue weighted by molar-refractivity contribution is 0.0687. The number of benzene rings is 1. The van der Waals surface area contributed by atoms with Gasteiger partial charge in [-0.25, -0.2) is 9.48 Å².